The SMILES string of the molecule is CN(C)c1nc(NC2CCC(CNCCC(c3ccccc3)(c3ccccc3)c3ccccc3)CC2)nc2ccccc12. The molecule has 5 aromatic rings. The van der Waals surface area contributed by atoms with E-state index in [9.17, 15) is 0 Å². The van der Waals surface area contributed by atoms with Crippen LogP contribution in [0.3, 0.4) is 0 Å². The summed E-state index contributed by atoms with van der Waals surface area (Å²) >= 11 is 0. The van der Waals surface area contributed by atoms with Crippen LogP contribution in [0.2, 0.25) is 0 Å². The number of aromatic nitrogens is 2. The minimum Gasteiger partial charge on any atom is -0.362 e. The van der Waals surface area contributed by atoms with Crippen molar-refractivity contribution in [3.05, 3.63) is 132 Å². The highest BCUT2D eigenvalue weighted by molar-refractivity contribution is 5.90. The maximum Gasteiger partial charge on any atom is 0.225 e. The Kier molecular flexibility index (Phi) is 8.99. The standard InChI is InChI=1S/C38H43N5/c1-43(2)36-34-20-12-13-21-35(34)41-37(42-36)40-33-24-22-29(23-25-33)28-39-27-26-38(30-14-6-3-7-15-30,31-16-8-4-9-17-31)32-18-10-5-11-19-32/h3-21,29,33,39H,22-28H2,1-2H3,(H,40,41,42). The molecule has 0 saturated heterocycles. The lowest BCUT2D eigenvalue weighted by atomic mass is 9.67. The number of para-hydroxylation sites is 1. The van der Waals surface area contributed by atoms with Crippen LogP contribution in [0.15, 0.2) is 115 Å². The van der Waals surface area contributed by atoms with Gasteiger partial charge in [0.15, 0.2) is 0 Å². The molecule has 0 atom stereocenters. The van der Waals surface area contributed by atoms with Gasteiger partial charge < -0.3 is 15.5 Å². The fraction of sp³-hybridized carbons (Fsp3) is 0.316. The summed E-state index contributed by atoms with van der Waals surface area (Å²) in [5, 5.41) is 8.62. The van der Waals surface area contributed by atoms with Gasteiger partial charge in [0.25, 0.3) is 0 Å². The van der Waals surface area contributed by atoms with Crippen LogP contribution in [-0.4, -0.2) is 43.2 Å². The van der Waals surface area contributed by atoms with Crippen LogP contribution >= 0.6 is 0 Å². The first-order chi connectivity index (χ1) is 21.1. The molecule has 0 aliphatic heterocycles. The molecule has 1 aromatic heterocycles. The zero-order valence-corrected chi connectivity index (χ0v) is 25.4. The van der Waals surface area contributed by atoms with Gasteiger partial charge in [-0.25, -0.2) is 4.98 Å². The van der Waals surface area contributed by atoms with Crippen LogP contribution in [-0.2, 0) is 5.41 Å². The fourth-order valence-electron chi connectivity index (χ4n) is 6.84. The second kappa shape index (κ2) is 13.4. The summed E-state index contributed by atoms with van der Waals surface area (Å²) in [4.78, 5) is 11.8. The number of benzene rings is 4. The maximum absolute atomic E-state index is 4.86. The van der Waals surface area contributed by atoms with E-state index in [1.54, 1.807) is 0 Å². The van der Waals surface area contributed by atoms with E-state index in [4.69, 9.17) is 9.97 Å². The van der Waals surface area contributed by atoms with E-state index >= 15 is 0 Å². The van der Waals surface area contributed by atoms with E-state index in [0.717, 1.165) is 55.0 Å². The minimum absolute atomic E-state index is 0.205. The maximum atomic E-state index is 4.86. The summed E-state index contributed by atoms with van der Waals surface area (Å²) in [6.45, 7) is 2.01. The molecule has 4 aromatic carbocycles. The molecule has 5 heteroatoms. The van der Waals surface area contributed by atoms with Crippen molar-refractivity contribution >= 4 is 22.7 Å². The Hall–Kier alpha value is -4.22. The molecule has 0 radical (unpaired) electrons. The van der Waals surface area contributed by atoms with E-state index in [0.29, 0.717) is 12.0 Å². The van der Waals surface area contributed by atoms with Gasteiger partial charge in [-0.3, -0.25) is 0 Å². The summed E-state index contributed by atoms with van der Waals surface area (Å²) in [6.07, 6.45) is 5.69. The van der Waals surface area contributed by atoms with Crippen molar-refractivity contribution in [1.82, 2.24) is 15.3 Å². The predicted octanol–water partition coefficient (Wildman–Crippen LogP) is 7.68. The topological polar surface area (TPSA) is 53.1 Å². The Balaban J connectivity index is 1.09. The third-order valence-electron chi connectivity index (χ3n) is 9.10. The largest absolute Gasteiger partial charge is 0.362 e. The van der Waals surface area contributed by atoms with E-state index in [1.807, 2.05) is 26.2 Å². The van der Waals surface area contributed by atoms with Gasteiger partial charge >= 0.3 is 0 Å². The van der Waals surface area contributed by atoms with E-state index < -0.39 is 0 Å². The predicted molar refractivity (Wildman–Crippen MR) is 180 cm³/mol. The van der Waals surface area contributed by atoms with Crippen molar-refractivity contribution in [3.8, 4) is 0 Å². The number of nitrogens with zero attached hydrogens (tertiary/aromatic N) is 3. The molecule has 1 aliphatic rings. The van der Waals surface area contributed by atoms with Gasteiger partial charge in [0.2, 0.25) is 5.95 Å². The zero-order chi connectivity index (χ0) is 29.5. The molecule has 1 aliphatic carbocycles. The molecular weight excluding hydrogens is 526 g/mol. The van der Waals surface area contributed by atoms with E-state index in [1.165, 1.54) is 29.5 Å². The lowest BCUT2D eigenvalue weighted by Gasteiger charge is -2.36. The van der Waals surface area contributed by atoms with Crippen molar-refractivity contribution in [1.29, 1.82) is 0 Å². The van der Waals surface area contributed by atoms with Gasteiger partial charge in [0.05, 0.1) is 5.52 Å². The highest BCUT2D eigenvalue weighted by Crippen LogP contribution is 2.42. The molecule has 0 bridgehead atoms. The molecule has 0 unspecified atom stereocenters. The molecule has 5 nitrogen and oxygen atoms in total. The average Bonchev–Trinajstić information content (AvgIpc) is 3.06. The molecule has 1 fully saturated rings. The first-order valence-corrected chi connectivity index (χ1v) is 15.7. The molecule has 0 amide bonds. The summed E-state index contributed by atoms with van der Waals surface area (Å²) in [6, 6.07) is 41.7. The van der Waals surface area contributed by atoms with Crippen molar-refractivity contribution in [3.63, 3.8) is 0 Å². The van der Waals surface area contributed by atoms with Gasteiger partial charge in [-0.05, 0) is 79.9 Å². The Morgan fingerprint density at radius 2 is 1.21 bits per heavy atom. The normalized spacial score (nSPS) is 17.1. The first kappa shape index (κ1) is 28.9. The van der Waals surface area contributed by atoms with E-state index in [-0.39, 0.29) is 5.41 Å². The van der Waals surface area contributed by atoms with Crippen LogP contribution in [0.25, 0.3) is 10.9 Å². The number of hydrogen-bond donors (Lipinski definition) is 2. The molecule has 1 saturated carbocycles. The molecule has 43 heavy (non-hydrogen) atoms. The van der Waals surface area contributed by atoms with Crippen molar-refractivity contribution < 1.29 is 0 Å². The monoisotopic (exact) mass is 569 g/mol. The number of nitrogens with one attached hydrogen (secondary N) is 2. The summed E-state index contributed by atoms with van der Waals surface area (Å²) in [5.41, 5.74) is 4.81. The first-order valence-electron chi connectivity index (χ1n) is 15.7. The van der Waals surface area contributed by atoms with E-state index in [2.05, 4.69) is 119 Å². The van der Waals surface area contributed by atoms with Crippen LogP contribution in [0, 0.1) is 5.92 Å². The molecule has 2 N–H and O–H groups in total. The quantitative estimate of drug-likeness (QED) is 0.126. The van der Waals surface area contributed by atoms with Crippen molar-refractivity contribution in [2.45, 2.75) is 43.6 Å². The molecule has 6 rings (SSSR count). The second-order valence-corrected chi connectivity index (χ2v) is 12.1. The summed E-state index contributed by atoms with van der Waals surface area (Å²) in [5.74, 6) is 2.39. The fourth-order valence-corrected chi connectivity index (χ4v) is 6.84. The number of rotatable bonds is 11. The van der Waals surface area contributed by atoms with Gasteiger partial charge in [-0.15, -0.1) is 0 Å². The number of anilines is 2. The van der Waals surface area contributed by atoms with Gasteiger partial charge in [0, 0.05) is 30.9 Å². The number of hydrogen-bond acceptors (Lipinski definition) is 5. The molecular formula is C38H43N5. The Morgan fingerprint density at radius 1 is 0.674 bits per heavy atom. The molecule has 1 heterocycles. The van der Waals surface area contributed by atoms with Crippen molar-refractivity contribution in [2.75, 3.05) is 37.4 Å². The van der Waals surface area contributed by atoms with Gasteiger partial charge in [-0.1, -0.05) is 103 Å². The molecule has 220 valence electrons. The second-order valence-electron chi connectivity index (χ2n) is 12.1. The summed E-state index contributed by atoms with van der Waals surface area (Å²) in [7, 11) is 4.08. The van der Waals surface area contributed by atoms with Gasteiger partial charge in [0.1, 0.15) is 5.82 Å². The van der Waals surface area contributed by atoms with Crippen LogP contribution in [0.1, 0.15) is 48.8 Å². The smallest absolute Gasteiger partial charge is 0.225 e. The van der Waals surface area contributed by atoms with Crippen LogP contribution in [0.4, 0.5) is 11.8 Å². The van der Waals surface area contributed by atoms with Gasteiger partial charge in [-0.2, -0.15) is 4.98 Å². The lowest BCUT2D eigenvalue weighted by Crippen LogP contribution is -2.36. The number of fused-ring (bicyclic) bond motifs is 1. The highest BCUT2D eigenvalue weighted by atomic mass is 15.2. The Labute approximate surface area is 256 Å². The lowest BCUT2D eigenvalue weighted by molar-refractivity contribution is 0.321. The Morgan fingerprint density at radius 3 is 1.77 bits per heavy atom. The third kappa shape index (κ3) is 6.42. The third-order valence-corrected chi connectivity index (χ3v) is 9.10. The average molecular weight is 570 g/mol. The zero-order valence-electron chi connectivity index (χ0n) is 25.4. The van der Waals surface area contributed by atoms with Crippen LogP contribution in [0.5, 0.6) is 0 Å². The van der Waals surface area contributed by atoms with Crippen LogP contribution < -0.4 is 15.5 Å². The summed E-state index contributed by atoms with van der Waals surface area (Å²) < 4.78 is 0. The Bertz CT molecular complexity index is 1480. The molecule has 0 spiro atoms. The minimum atomic E-state index is -0.205. The van der Waals surface area contributed by atoms with Crippen molar-refractivity contribution in [2.24, 2.45) is 5.92 Å². The highest BCUT2D eigenvalue weighted by Gasteiger charge is 2.35.